The van der Waals surface area contributed by atoms with Gasteiger partial charge in [0.15, 0.2) is 0 Å². The summed E-state index contributed by atoms with van der Waals surface area (Å²) in [6, 6.07) is 10.4. The smallest absolute Gasteiger partial charge is 0.234 e. The highest BCUT2D eigenvalue weighted by Crippen LogP contribution is 2.24. The van der Waals surface area contributed by atoms with E-state index in [1.165, 1.54) is 23.9 Å². The minimum absolute atomic E-state index is 0.150. The number of benzene rings is 2. The molecule has 2 rings (SSSR count). The molecule has 2 aromatic rings. The number of nitrogens with one attached hydrogen (secondary N) is 1. The lowest BCUT2D eigenvalue weighted by Gasteiger charge is -2.07. The van der Waals surface area contributed by atoms with Crippen LogP contribution in [0.4, 0.5) is 10.1 Å². The minimum Gasteiger partial charge on any atom is -0.508 e. The molecule has 0 aromatic heterocycles. The number of hydrogen-bond donors (Lipinski definition) is 2. The number of carbonyl (C=O) groups is 1. The second kappa shape index (κ2) is 6.63. The number of carbonyl (C=O) groups excluding carboxylic acids is 1. The standard InChI is InChI=1S/C14H11ClFNO2S/c15-12-6-9(16)4-5-13(12)17-14(19)8-20-11-3-1-2-10(18)7-11/h1-7,18H,8H2,(H,17,19). The van der Waals surface area contributed by atoms with Crippen molar-refractivity contribution in [2.24, 2.45) is 0 Å². The zero-order valence-corrected chi connectivity index (χ0v) is 11.8. The van der Waals surface area contributed by atoms with Crippen molar-refractivity contribution in [1.82, 2.24) is 0 Å². The first-order valence-corrected chi connectivity index (χ1v) is 7.08. The zero-order valence-electron chi connectivity index (χ0n) is 10.3. The Morgan fingerprint density at radius 1 is 1.30 bits per heavy atom. The summed E-state index contributed by atoms with van der Waals surface area (Å²) >= 11 is 7.10. The van der Waals surface area contributed by atoms with Crippen molar-refractivity contribution in [1.29, 1.82) is 0 Å². The van der Waals surface area contributed by atoms with Crippen LogP contribution in [0.5, 0.6) is 5.75 Å². The van der Waals surface area contributed by atoms with Crippen molar-refractivity contribution in [2.45, 2.75) is 4.90 Å². The van der Waals surface area contributed by atoms with E-state index < -0.39 is 5.82 Å². The summed E-state index contributed by atoms with van der Waals surface area (Å²) in [5, 5.41) is 12.1. The Kier molecular flexibility index (Phi) is 4.87. The number of thioether (sulfide) groups is 1. The first-order valence-electron chi connectivity index (χ1n) is 5.71. The average molecular weight is 312 g/mol. The maximum atomic E-state index is 12.9. The van der Waals surface area contributed by atoms with Crippen LogP contribution < -0.4 is 5.32 Å². The predicted molar refractivity (Wildman–Crippen MR) is 78.9 cm³/mol. The van der Waals surface area contributed by atoms with Gasteiger partial charge in [0.2, 0.25) is 5.91 Å². The van der Waals surface area contributed by atoms with Gasteiger partial charge in [-0.2, -0.15) is 0 Å². The molecule has 0 aliphatic rings. The summed E-state index contributed by atoms with van der Waals surface area (Å²) < 4.78 is 12.9. The second-order valence-corrected chi connectivity index (χ2v) is 5.41. The summed E-state index contributed by atoms with van der Waals surface area (Å²) in [5.41, 5.74) is 0.370. The Labute approximate surface area is 124 Å². The first kappa shape index (κ1) is 14.7. The minimum atomic E-state index is -0.456. The van der Waals surface area contributed by atoms with E-state index in [4.69, 9.17) is 11.6 Å². The van der Waals surface area contributed by atoms with E-state index in [9.17, 15) is 14.3 Å². The number of aromatic hydroxyl groups is 1. The van der Waals surface area contributed by atoms with Gasteiger partial charge in [0.05, 0.1) is 16.5 Å². The van der Waals surface area contributed by atoms with E-state index >= 15 is 0 Å². The van der Waals surface area contributed by atoms with Gasteiger partial charge in [-0.1, -0.05) is 17.7 Å². The molecule has 0 radical (unpaired) electrons. The van der Waals surface area contributed by atoms with Crippen molar-refractivity contribution < 1.29 is 14.3 Å². The Morgan fingerprint density at radius 2 is 2.10 bits per heavy atom. The Balaban J connectivity index is 1.92. The van der Waals surface area contributed by atoms with Crippen LogP contribution in [0.25, 0.3) is 0 Å². The van der Waals surface area contributed by atoms with Crippen LogP contribution in [-0.4, -0.2) is 16.8 Å². The molecule has 3 nitrogen and oxygen atoms in total. The SMILES string of the molecule is O=C(CSc1cccc(O)c1)Nc1ccc(F)cc1Cl. The van der Waals surface area contributed by atoms with Crippen molar-refractivity contribution in [3.8, 4) is 5.75 Å². The molecule has 0 bridgehead atoms. The summed E-state index contributed by atoms with van der Waals surface area (Å²) in [6.07, 6.45) is 0. The van der Waals surface area contributed by atoms with Crippen molar-refractivity contribution in [2.75, 3.05) is 11.1 Å². The van der Waals surface area contributed by atoms with Gasteiger partial charge in [-0.05, 0) is 36.4 Å². The summed E-state index contributed by atoms with van der Waals surface area (Å²) in [6.45, 7) is 0. The second-order valence-electron chi connectivity index (χ2n) is 3.96. The number of amides is 1. The van der Waals surface area contributed by atoms with Crippen LogP contribution in [0.1, 0.15) is 0 Å². The lowest BCUT2D eigenvalue weighted by Crippen LogP contribution is -2.14. The number of phenolic OH excluding ortho intramolecular Hbond substituents is 1. The number of rotatable bonds is 4. The fraction of sp³-hybridized carbons (Fsp3) is 0.0714. The lowest BCUT2D eigenvalue weighted by molar-refractivity contribution is -0.113. The maximum Gasteiger partial charge on any atom is 0.234 e. The van der Waals surface area contributed by atoms with E-state index in [1.54, 1.807) is 24.3 Å². The fourth-order valence-electron chi connectivity index (χ4n) is 1.50. The molecule has 1 amide bonds. The normalized spacial score (nSPS) is 10.3. The molecule has 20 heavy (non-hydrogen) atoms. The maximum absolute atomic E-state index is 12.9. The molecule has 6 heteroatoms. The van der Waals surface area contributed by atoms with E-state index in [0.29, 0.717) is 5.69 Å². The largest absolute Gasteiger partial charge is 0.508 e. The lowest BCUT2D eigenvalue weighted by atomic mass is 10.3. The van der Waals surface area contributed by atoms with Crippen molar-refractivity contribution >= 4 is 35.0 Å². The van der Waals surface area contributed by atoms with Crippen LogP contribution in [0, 0.1) is 5.82 Å². The van der Waals surface area contributed by atoms with Crippen LogP contribution in [-0.2, 0) is 4.79 Å². The van der Waals surface area contributed by atoms with Crippen LogP contribution in [0.3, 0.4) is 0 Å². The van der Waals surface area contributed by atoms with Gasteiger partial charge in [-0.3, -0.25) is 4.79 Å². The molecule has 0 aliphatic heterocycles. The third-order valence-corrected chi connectivity index (χ3v) is 3.70. The van der Waals surface area contributed by atoms with Crippen molar-refractivity contribution in [3.05, 3.63) is 53.3 Å². The van der Waals surface area contributed by atoms with E-state index in [2.05, 4.69) is 5.32 Å². The molecule has 0 saturated heterocycles. The Morgan fingerprint density at radius 3 is 2.80 bits per heavy atom. The van der Waals surface area contributed by atoms with Crippen LogP contribution in [0.2, 0.25) is 5.02 Å². The topological polar surface area (TPSA) is 49.3 Å². The van der Waals surface area contributed by atoms with Gasteiger partial charge in [0, 0.05) is 4.90 Å². The fourth-order valence-corrected chi connectivity index (χ4v) is 2.46. The number of phenols is 1. The van der Waals surface area contributed by atoms with Gasteiger partial charge in [-0.25, -0.2) is 4.39 Å². The molecule has 0 unspecified atom stereocenters. The molecule has 2 aromatic carbocycles. The number of halogens is 2. The van der Waals surface area contributed by atoms with Crippen LogP contribution >= 0.6 is 23.4 Å². The van der Waals surface area contributed by atoms with E-state index in [-0.39, 0.29) is 22.4 Å². The van der Waals surface area contributed by atoms with Gasteiger partial charge in [0.1, 0.15) is 11.6 Å². The summed E-state index contributed by atoms with van der Waals surface area (Å²) in [7, 11) is 0. The predicted octanol–water partition coefficient (Wildman–Crippen LogP) is 3.92. The molecular weight excluding hydrogens is 301 g/mol. The zero-order chi connectivity index (χ0) is 14.5. The monoisotopic (exact) mass is 311 g/mol. The quantitative estimate of drug-likeness (QED) is 0.842. The third kappa shape index (κ3) is 4.15. The molecule has 0 spiro atoms. The Bertz CT molecular complexity index is 636. The highest BCUT2D eigenvalue weighted by molar-refractivity contribution is 8.00. The third-order valence-electron chi connectivity index (χ3n) is 2.39. The molecule has 0 fully saturated rings. The highest BCUT2D eigenvalue weighted by atomic mass is 35.5. The summed E-state index contributed by atoms with van der Waals surface area (Å²) in [5.74, 6) is -0.400. The van der Waals surface area contributed by atoms with Crippen LogP contribution in [0.15, 0.2) is 47.4 Å². The number of hydrogen-bond acceptors (Lipinski definition) is 3. The number of anilines is 1. The first-order chi connectivity index (χ1) is 9.54. The molecule has 0 aliphatic carbocycles. The highest BCUT2D eigenvalue weighted by Gasteiger charge is 2.07. The van der Waals surface area contributed by atoms with Gasteiger partial charge in [0.25, 0.3) is 0 Å². The molecular formula is C14H11ClFNO2S. The van der Waals surface area contributed by atoms with Gasteiger partial charge < -0.3 is 10.4 Å². The molecule has 2 N–H and O–H groups in total. The van der Waals surface area contributed by atoms with E-state index in [0.717, 1.165) is 11.0 Å². The molecule has 0 heterocycles. The van der Waals surface area contributed by atoms with Crippen molar-refractivity contribution in [3.63, 3.8) is 0 Å². The van der Waals surface area contributed by atoms with Gasteiger partial charge in [-0.15, -0.1) is 11.8 Å². The molecule has 0 saturated carbocycles. The molecule has 104 valence electrons. The molecule has 0 atom stereocenters. The van der Waals surface area contributed by atoms with E-state index in [1.807, 2.05) is 0 Å². The average Bonchev–Trinajstić information content (AvgIpc) is 2.40. The van der Waals surface area contributed by atoms with Gasteiger partial charge >= 0.3 is 0 Å². The summed E-state index contributed by atoms with van der Waals surface area (Å²) in [4.78, 5) is 12.5. The Hall–Kier alpha value is -1.72.